The average Bonchev–Trinajstić information content (AvgIpc) is 2.63. The van der Waals surface area contributed by atoms with Crippen LogP contribution in [0.25, 0.3) is 0 Å². The monoisotopic (exact) mass is 347 g/mol. The maximum Gasteiger partial charge on any atom is 0.230 e. The normalized spacial score (nSPS) is 13.3. The molecule has 0 saturated heterocycles. The first-order chi connectivity index (χ1) is 11.6. The number of carbonyl (C=O) groups excluding carboxylic acids is 1. The van der Waals surface area contributed by atoms with Gasteiger partial charge in [0.1, 0.15) is 11.4 Å². The summed E-state index contributed by atoms with van der Waals surface area (Å²) >= 11 is 1.38. The standard InChI is InChI=1S/C19H22FNO2S/c1-3-19(23-2,15-7-5-4-6-8-15)14-21-18(22)13-24-17-11-9-16(20)10-12-17/h4-12H,3,13-14H2,1-2H3,(H,21,22)/t19-/m1/s1. The van der Waals surface area contributed by atoms with E-state index in [0.717, 1.165) is 16.9 Å². The summed E-state index contributed by atoms with van der Waals surface area (Å²) in [6.45, 7) is 2.45. The number of methoxy groups -OCH3 is 1. The highest BCUT2D eigenvalue weighted by Crippen LogP contribution is 2.28. The summed E-state index contributed by atoms with van der Waals surface area (Å²) in [6, 6.07) is 16.0. The Morgan fingerprint density at radius 1 is 1.17 bits per heavy atom. The van der Waals surface area contributed by atoms with Gasteiger partial charge in [-0.25, -0.2) is 4.39 Å². The van der Waals surface area contributed by atoms with Gasteiger partial charge >= 0.3 is 0 Å². The molecular formula is C19H22FNO2S. The maximum atomic E-state index is 12.9. The van der Waals surface area contributed by atoms with Gasteiger partial charge in [-0.05, 0) is 36.2 Å². The second-order valence-corrected chi connectivity index (χ2v) is 6.49. The van der Waals surface area contributed by atoms with E-state index in [1.165, 1.54) is 23.9 Å². The van der Waals surface area contributed by atoms with Crippen molar-refractivity contribution >= 4 is 17.7 Å². The molecule has 0 saturated carbocycles. The molecule has 0 aromatic heterocycles. The van der Waals surface area contributed by atoms with Gasteiger partial charge in [-0.1, -0.05) is 37.3 Å². The Morgan fingerprint density at radius 2 is 1.83 bits per heavy atom. The van der Waals surface area contributed by atoms with Gasteiger partial charge in [0.2, 0.25) is 5.91 Å². The second kappa shape index (κ2) is 8.85. The van der Waals surface area contributed by atoms with Crippen LogP contribution in [0, 0.1) is 5.82 Å². The maximum absolute atomic E-state index is 12.9. The third kappa shape index (κ3) is 4.82. The number of hydrogen-bond acceptors (Lipinski definition) is 3. The first-order valence-electron chi connectivity index (χ1n) is 7.85. The minimum Gasteiger partial charge on any atom is -0.372 e. The molecule has 3 nitrogen and oxygen atoms in total. The average molecular weight is 347 g/mol. The van der Waals surface area contributed by atoms with E-state index >= 15 is 0 Å². The van der Waals surface area contributed by atoms with E-state index in [1.807, 2.05) is 37.3 Å². The number of nitrogens with one attached hydrogen (secondary N) is 1. The van der Waals surface area contributed by atoms with Crippen LogP contribution >= 0.6 is 11.8 Å². The highest BCUT2D eigenvalue weighted by atomic mass is 32.2. The largest absolute Gasteiger partial charge is 0.372 e. The molecule has 2 rings (SSSR count). The molecule has 1 amide bonds. The van der Waals surface area contributed by atoms with Crippen LogP contribution in [0.15, 0.2) is 59.5 Å². The smallest absolute Gasteiger partial charge is 0.230 e. The van der Waals surface area contributed by atoms with Crippen LogP contribution in [0.2, 0.25) is 0 Å². The Bertz CT molecular complexity index is 642. The van der Waals surface area contributed by atoms with E-state index in [4.69, 9.17) is 4.74 Å². The van der Waals surface area contributed by atoms with Crippen molar-refractivity contribution in [1.29, 1.82) is 0 Å². The summed E-state index contributed by atoms with van der Waals surface area (Å²) in [7, 11) is 1.66. The molecule has 0 aliphatic carbocycles. The lowest BCUT2D eigenvalue weighted by Crippen LogP contribution is -2.42. The minimum absolute atomic E-state index is 0.0740. The Balaban J connectivity index is 1.92. The Morgan fingerprint density at radius 3 is 2.42 bits per heavy atom. The second-order valence-electron chi connectivity index (χ2n) is 5.44. The SMILES string of the molecule is CC[C@](CNC(=O)CSc1ccc(F)cc1)(OC)c1ccccc1. The molecule has 1 N–H and O–H groups in total. The molecule has 128 valence electrons. The lowest BCUT2D eigenvalue weighted by Gasteiger charge is -2.32. The van der Waals surface area contributed by atoms with E-state index in [-0.39, 0.29) is 17.5 Å². The van der Waals surface area contributed by atoms with E-state index in [1.54, 1.807) is 19.2 Å². The molecule has 0 spiro atoms. The molecule has 0 fully saturated rings. The number of rotatable bonds is 8. The number of benzene rings is 2. The van der Waals surface area contributed by atoms with Crippen molar-refractivity contribution < 1.29 is 13.9 Å². The molecule has 0 heterocycles. The number of halogens is 1. The topological polar surface area (TPSA) is 38.3 Å². The van der Waals surface area contributed by atoms with Crippen molar-refractivity contribution in [2.45, 2.75) is 23.8 Å². The number of thioether (sulfide) groups is 1. The third-order valence-corrected chi connectivity index (χ3v) is 5.03. The molecule has 0 aliphatic heterocycles. The summed E-state index contributed by atoms with van der Waals surface area (Å²) in [5.41, 5.74) is 0.513. The van der Waals surface area contributed by atoms with E-state index in [9.17, 15) is 9.18 Å². The Hall–Kier alpha value is -1.85. The highest BCUT2D eigenvalue weighted by Gasteiger charge is 2.30. The van der Waals surface area contributed by atoms with Crippen molar-refractivity contribution in [3.05, 3.63) is 66.0 Å². The van der Waals surface area contributed by atoms with E-state index in [2.05, 4.69) is 5.32 Å². The third-order valence-electron chi connectivity index (χ3n) is 4.02. The fourth-order valence-electron chi connectivity index (χ4n) is 2.48. The first kappa shape index (κ1) is 18.5. The predicted molar refractivity (Wildman–Crippen MR) is 95.6 cm³/mol. The summed E-state index contributed by atoms with van der Waals surface area (Å²) in [4.78, 5) is 13.0. The van der Waals surface area contributed by atoms with Crippen LogP contribution in [0.3, 0.4) is 0 Å². The predicted octanol–water partition coefficient (Wildman–Crippen LogP) is 3.99. The van der Waals surface area contributed by atoms with Gasteiger partial charge in [0, 0.05) is 12.0 Å². The van der Waals surface area contributed by atoms with Crippen molar-refractivity contribution in [3.8, 4) is 0 Å². The zero-order valence-electron chi connectivity index (χ0n) is 13.9. The lowest BCUT2D eigenvalue weighted by molar-refractivity contribution is -0.120. The van der Waals surface area contributed by atoms with E-state index < -0.39 is 5.60 Å². The molecule has 0 aliphatic rings. The quantitative estimate of drug-likeness (QED) is 0.734. The van der Waals surface area contributed by atoms with Crippen LogP contribution in [0.5, 0.6) is 0 Å². The van der Waals surface area contributed by atoms with E-state index in [0.29, 0.717) is 6.54 Å². The number of carbonyl (C=O) groups is 1. The summed E-state index contributed by atoms with van der Waals surface area (Å²) in [5.74, 6) is -0.0705. The van der Waals surface area contributed by atoms with Gasteiger partial charge in [-0.15, -0.1) is 11.8 Å². The first-order valence-corrected chi connectivity index (χ1v) is 8.84. The molecular weight excluding hydrogens is 325 g/mol. The summed E-state index contributed by atoms with van der Waals surface area (Å²) in [6.07, 6.45) is 0.749. The molecule has 24 heavy (non-hydrogen) atoms. The molecule has 1 atom stereocenters. The van der Waals surface area contributed by atoms with Gasteiger partial charge in [0.05, 0.1) is 12.3 Å². The number of amides is 1. The molecule has 2 aromatic carbocycles. The van der Waals surface area contributed by atoms with Crippen LogP contribution in [0.4, 0.5) is 4.39 Å². The zero-order valence-corrected chi connectivity index (χ0v) is 14.7. The van der Waals surface area contributed by atoms with Crippen LogP contribution in [-0.2, 0) is 15.1 Å². The minimum atomic E-state index is -0.530. The lowest BCUT2D eigenvalue weighted by atomic mass is 9.90. The zero-order chi connectivity index (χ0) is 17.4. The van der Waals surface area contributed by atoms with Crippen LogP contribution in [0.1, 0.15) is 18.9 Å². The number of hydrogen-bond donors (Lipinski definition) is 1. The fourth-order valence-corrected chi connectivity index (χ4v) is 3.21. The van der Waals surface area contributed by atoms with Gasteiger partial charge in [-0.2, -0.15) is 0 Å². The van der Waals surface area contributed by atoms with Crippen LogP contribution in [-0.4, -0.2) is 25.3 Å². The van der Waals surface area contributed by atoms with Crippen LogP contribution < -0.4 is 5.32 Å². The Kier molecular flexibility index (Phi) is 6.82. The van der Waals surface area contributed by atoms with Gasteiger partial charge < -0.3 is 10.1 Å². The molecule has 2 aromatic rings. The molecule has 5 heteroatoms. The fraction of sp³-hybridized carbons (Fsp3) is 0.316. The van der Waals surface area contributed by atoms with Gasteiger partial charge in [-0.3, -0.25) is 4.79 Å². The molecule has 0 unspecified atom stereocenters. The van der Waals surface area contributed by atoms with Crippen molar-refractivity contribution in [2.75, 3.05) is 19.4 Å². The van der Waals surface area contributed by atoms with Crippen molar-refractivity contribution in [2.24, 2.45) is 0 Å². The summed E-state index contributed by atoms with van der Waals surface area (Å²) < 4.78 is 18.6. The molecule has 0 bridgehead atoms. The van der Waals surface area contributed by atoms with Crippen molar-refractivity contribution in [1.82, 2.24) is 5.32 Å². The summed E-state index contributed by atoms with van der Waals surface area (Å²) in [5, 5.41) is 2.95. The van der Waals surface area contributed by atoms with Gasteiger partial charge in [0.25, 0.3) is 0 Å². The van der Waals surface area contributed by atoms with Gasteiger partial charge in [0.15, 0.2) is 0 Å². The molecule has 0 radical (unpaired) electrons. The Labute approximate surface area is 146 Å². The highest BCUT2D eigenvalue weighted by molar-refractivity contribution is 8.00. The van der Waals surface area contributed by atoms with Crippen molar-refractivity contribution in [3.63, 3.8) is 0 Å². The number of ether oxygens (including phenoxy) is 1.